The van der Waals surface area contributed by atoms with Gasteiger partial charge in [0.25, 0.3) is 0 Å². The standard InChI is InChI=1S/C9H12N6O2S/c1-6-11-13-9(18-4-8(16)17)15(6)3-7-12-10-5-14(7)2/h5H,3-4H2,1-2H3,(H,16,17). The molecule has 0 fully saturated rings. The Morgan fingerprint density at radius 3 is 2.83 bits per heavy atom. The van der Waals surface area contributed by atoms with Crippen molar-refractivity contribution >= 4 is 17.7 Å². The summed E-state index contributed by atoms with van der Waals surface area (Å²) >= 11 is 1.14. The van der Waals surface area contributed by atoms with Crippen LogP contribution in [0.4, 0.5) is 0 Å². The highest BCUT2D eigenvalue weighted by Gasteiger charge is 2.13. The molecule has 2 rings (SSSR count). The van der Waals surface area contributed by atoms with Crippen LogP contribution in [-0.2, 0) is 18.4 Å². The van der Waals surface area contributed by atoms with E-state index in [2.05, 4.69) is 20.4 Å². The third kappa shape index (κ3) is 2.67. The number of aliphatic carboxylic acids is 1. The fraction of sp³-hybridized carbons (Fsp3) is 0.444. The van der Waals surface area contributed by atoms with E-state index in [0.717, 1.165) is 17.6 Å². The topological polar surface area (TPSA) is 98.7 Å². The van der Waals surface area contributed by atoms with Gasteiger partial charge in [0.1, 0.15) is 12.2 Å². The molecule has 1 N–H and O–H groups in total. The molecule has 0 atom stereocenters. The van der Waals surface area contributed by atoms with Crippen molar-refractivity contribution in [2.24, 2.45) is 7.05 Å². The molecule has 0 amide bonds. The van der Waals surface area contributed by atoms with E-state index in [0.29, 0.717) is 17.5 Å². The minimum absolute atomic E-state index is 0.0447. The van der Waals surface area contributed by atoms with Crippen LogP contribution >= 0.6 is 11.8 Å². The van der Waals surface area contributed by atoms with E-state index in [-0.39, 0.29) is 5.75 Å². The van der Waals surface area contributed by atoms with Crippen LogP contribution in [0.1, 0.15) is 11.6 Å². The SMILES string of the molecule is Cc1nnc(SCC(=O)O)n1Cc1nncn1C. The van der Waals surface area contributed by atoms with Gasteiger partial charge in [-0.2, -0.15) is 0 Å². The molecular weight excluding hydrogens is 256 g/mol. The molecular formula is C9H12N6O2S. The van der Waals surface area contributed by atoms with Crippen molar-refractivity contribution in [3.63, 3.8) is 0 Å². The number of hydrogen-bond donors (Lipinski definition) is 1. The fourth-order valence-corrected chi connectivity index (χ4v) is 2.07. The van der Waals surface area contributed by atoms with E-state index in [1.165, 1.54) is 0 Å². The van der Waals surface area contributed by atoms with Crippen LogP contribution in [0.15, 0.2) is 11.5 Å². The van der Waals surface area contributed by atoms with Gasteiger partial charge in [0.2, 0.25) is 0 Å². The summed E-state index contributed by atoms with van der Waals surface area (Å²) in [6.07, 6.45) is 1.61. The molecule has 2 aromatic heterocycles. The molecule has 0 aliphatic heterocycles. The highest BCUT2D eigenvalue weighted by Crippen LogP contribution is 2.17. The Labute approximate surface area is 107 Å². The van der Waals surface area contributed by atoms with E-state index >= 15 is 0 Å². The van der Waals surface area contributed by atoms with Gasteiger partial charge in [0.15, 0.2) is 11.0 Å². The predicted molar refractivity (Wildman–Crippen MR) is 63.2 cm³/mol. The van der Waals surface area contributed by atoms with Crippen molar-refractivity contribution in [2.45, 2.75) is 18.6 Å². The first-order valence-electron chi connectivity index (χ1n) is 5.15. The first kappa shape index (κ1) is 12.6. The molecule has 0 radical (unpaired) electrons. The lowest BCUT2D eigenvalue weighted by molar-refractivity contribution is -0.133. The summed E-state index contributed by atoms with van der Waals surface area (Å²) in [6, 6.07) is 0. The molecule has 18 heavy (non-hydrogen) atoms. The lowest BCUT2D eigenvalue weighted by atomic mass is 10.5. The average molecular weight is 268 g/mol. The molecule has 0 aliphatic rings. The molecule has 2 heterocycles. The molecule has 0 unspecified atom stereocenters. The molecule has 9 heteroatoms. The second-order valence-electron chi connectivity index (χ2n) is 3.66. The molecule has 2 aromatic rings. The highest BCUT2D eigenvalue weighted by atomic mass is 32.2. The van der Waals surface area contributed by atoms with Crippen LogP contribution in [-0.4, -0.2) is 46.4 Å². The zero-order chi connectivity index (χ0) is 13.1. The number of hydrogen-bond acceptors (Lipinski definition) is 6. The Hall–Kier alpha value is -1.90. The summed E-state index contributed by atoms with van der Waals surface area (Å²) in [5.74, 6) is 0.545. The second-order valence-corrected chi connectivity index (χ2v) is 4.60. The van der Waals surface area contributed by atoms with Crippen LogP contribution in [0.2, 0.25) is 0 Å². The molecule has 0 saturated carbocycles. The van der Waals surface area contributed by atoms with Crippen LogP contribution in [0.25, 0.3) is 0 Å². The number of rotatable bonds is 5. The summed E-state index contributed by atoms with van der Waals surface area (Å²) in [5, 5.41) is 24.9. The zero-order valence-corrected chi connectivity index (χ0v) is 10.8. The van der Waals surface area contributed by atoms with Crippen LogP contribution < -0.4 is 0 Å². The van der Waals surface area contributed by atoms with E-state index in [4.69, 9.17) is 5.11 Å². The highest BCUT2D eigenvalue weighted by molar-refractivity contribution is 7.99. The first-order chi connectivity index (χ1) is 8.58. The van der Waals surface area contributed by atoms with Crippen molar-refractivity contribution in [3.8, 4) is 0 Å². The normalized spacial score (nSPS) is 10.8. The lowest BCUT2D eigenvalue weighted by Crippen LogP contribution is -2.09. The number of thioether (sulfide) groups is 1. The number of carboxylic acids is 1. The van der Waals surface area contributed by atoms with Gasteiger partial charge < -0.3 is 9.67 Å². The average Bonchev–Trinajstić information content (AvgIpc) is 2.86. The molecule has 0 spiro atoms. The lowest BCUT2D eigenvalue weighted by Gasteiger charge is -2.06. The van der Waals surface area contributed by atoms with Gasteiger partial charge in [-0.05, 0) is 6.92 Å². The maximum atomic E-state index is 10.6. The van der Waals surface area contributed by atoms with Gasteiger partial charge in [-0.15, -0.1) is 20.4 Å². The van der Waals surface area contributed by atoms with Crippen molar-refractivity contribution < 1.29 is 9.90 Å². The van der Waals surface area contributed by atoms with Gasteiger partial charge in [0, 0.05) is 7.05 Å². The van der Waals surface area contributed by atoms with Crippen molar-refractivity contribution in [1.29, 1.82) is 0 Å². The number of carbonyl (C=O) groups is 1. The molecule has 0 aromatic carbocycles. The van der Waals surface area contributed by atoms with Gasteiger partial charge >= 0.3 is 5.97 Å². The second kappa shape index (κ2) is 5.17. The maximum Gasteiger partial charge on any atom is 0.313 e. The molecule has 0 bridgehead atoms. The molecule has 96 valence electrons. The van der Waals surface area contributed by atoms with Gasteiger partial charge in [0.05, 0.1) is 12.3 Å². The van der Waals surface area contributed by atoms with Crippen LogP contribution in [0.5, 0.6) is 0 Å². The minimum atomic E-state index is -0.883. The van der Waals surface area contributed by atoms with Crippen LogP contribution in [0, 0.1) is 6.92 Å². The fourth-order valence-electron chi connectivity index (χ4n) is 1.37. The smallest absolute Gasteiger partial charge is 0.313 e. The Balaban J connectivity index is 2.19. The van der Waals surface area contributed by atoms with Crippen molar-refractivity contribution in [3.05, 3.63) is 18.0 Å². The minimum Gasteiger partial charge on any atom is -0.481 e. The van der Waals surface area contributed by atoms with E-state index in [1.807, 2.05) is 18.5 Å². The monoisotopic (exact) mass is 268 g/mol. The van der Waals surface area contributed by atoms with E-state index in [1.54, 1.807) is 10.9 Å². The van der Waals surface area contributed by atoms with Crippen molar-refractivity contribution in [1.82, 2.24) is 29.5 Å². The molecule has 8 nitrogen and oxygen atoms in total. The third-order valence-electron chi connectivity index (χ3n) is 2.33. The number of aromatic nitrogens is 6. The van der Waals surface area contributed by atoms with Gasteiger partial charge in [-0.1, -0.05) is 11.8 Å². The summed E-state index contributed by atoms with van der Waals surface area (Å²) in [4.78, 5) is 10.6. The van der Waals surface area contributed by atoms with E-state index in [9.17, 15) is 4.79 Å². The molecule has 0 aliphatic carbocycles. The Kier molecular flexibility index (Phi) is 3.60. The largest absolute Gasteiger partial charge is 0.481 e. The molecule has 0 saturated heterocycles. The Morgan fingerprint density at radius 1 is 1.44 bits per heavy atom. The summed E-state index contributed by atoms with van der Waals surface area (Å²) in [7, 11) is 1.85. The quantitative estimate of drug-likeness (QED) is 0.758. The van der Waals surface area contributed by atoms with Gasteiger partial charge in [-0.25, -0.2) is 0 Å². The Morgan fingerprint density at radius 2 is 2.22 bits per heavy atom. The Bertz CT molecular complexity index is 563. The number of aryl methyl sites for hydroxylation is 2. The number of nitrogens with zero attached hydrogens (tertiary/aromatic N) is 6. The summed E-state index contributed by atoms with van der Waals surface area (Å²) in [6.45, 7) is 2.28. The van der Waals surface area contributed by atoms with Gasteiger partial charge in [-0.3, -0.25) is 9.36 Å². The third-order valence-corrected chi connectivity index (χ3v) is 3.28. The number of carboxylic acid groups (broad SMARTS) is 1. The predicted octanol–water partition coefficient (Wildman–Crippen LogP) is -0.0600. The first-order valence-corrected chi connectivity index (χ1v) is 6.13. The summed E-state index contributed by atoms with van der Waals surface area (Å²) < 4.78 is 3.61. The zero-order valence-electron chi connectivity index (χ0n) is 9.94. The summed E-state index contributed by atoms with van der Waals surface area (Å²) in [5.41, 5.74) is 0. The maximum absolute atomic E-state index is 10.6. The van der Waals surface area contributed by atoms with E-state index < -0.39 is 5.97 Å². The van der Waals surface area contributed by atoms with Crippen molar-refractivity contribution in [2.75, 3.05) is 5.75 Å². The van der Waals surface area contributed by atoms with Crippen LogP contribution in [0.3, 0.4) is 0 Å².